The Morgan fingerprint density at radius 1 is 1.00 bits per heavy atom. The van der Waals surface area contributed by atoms with Crippen molar-refractivity contribution in [2.45, 2.75) is 38.5 Å². The number of amides is 1. The van der Waals surface area contributed by atoms with Crippen LogP contribution in [0.3, 0.4) is 0 Å². The zero-order valence-corrected chi connectivity index (χ0v) is 21.3. The zero-order chi connectivity index (χ0) is 30.1. The van der Waals surface area contributed by atoms with Crippen molar-refractivity contribution in [1.82, 2.24) is 14.9 Å². The highest BCUT2D eigenvalue weighted by molar-refractivity contribution is 6.07. The fourth-order valence-electron chi connectivity index (χ4n) is 4.35. The largest absolute Gasteiger partial charge is 0.416 e. The van der Waals surface area contributed by atoms with Crippen molar-refractivity contribution >= 4 is 16.8 Å². The lowest BCUT2D eigenvalue weighted by molar-refractivity contribution is -0.143. The monoisotopic (exact) mass is 579 g/mol. The van der Waals surface area contributed by atoms with E-state index in [1.54, 1.807) is 24.3 Å². The number of hydrogen-bond acceptors (Lipinski definition) is 5. The third-order valence-electron chi connectivity index (χ3n) is 6.29. The number of benzene rings is 2. The van der Waals surface area contributed by atoms with Crippen LogP contribution in [0.15, 0.2) is 65.6 Å². The highest BCUT2D eigenvalue weighted by atomic mass is 19.4. The van der Waals surface area contributed by atoms with Crippen molar-refractivity contribution in [2.75, 3.05) is 6.61 Å². The molecule has 0 aliphatic heterocycles. The van der Waals surface area contributed by atoms with Gasteiger partial charge in [-0.1, -0.05) is 35.9 Å². The maximum atomic E-state index is 13.6. The minimum absolute atomic E-state index is 0.0227. The van der Waals surface area contributed by atoms with Crippen LogP contribution in [0.4, 0.5) is 26.3 Å². The molecule has 13 heteroatoms. The van der Waals surface area contributed by atoms with E-state index in [1.165, 1.54) is 18.3 Å². The molecule has 0 fully saturated rings. The van der Waals surface area contributed by atoms with Gasteiger partial charge >= 0.3 is 12.4 Å². The molecule has 7 nitrogen and oxygen atoms in total. The van der Waals surface area contributed by atoms with E-state index in [9.17, 15) is 46.1 Å². The van der Waals surface area contributed by atoms with Crippen molar-refractivity contribution in [3.63, 3.8) is 0 Å². The van der Waals surface area contributed by atoms with Gasteiger partial charge in [-0.15, -0.1) is 0 Å². The Morgan fingerprint density at radius 3 is 2.17 bits per heavy atom. The maximum Gasteiger partial charge on any atom is 0.416 e. The molecule has 2 aromatic heterocycles. The standard InChI is InChI=1S/C28H23F6N3O4/c1-15-4-6-17(7-5-15)22-21-3-2-8-35-23(21)26(41)37(13-20(39)14-38)24(22)25(40)36-12-16-9-18(27(29,30)31)11-19(10-16)28(32,33)34/h2-11,20,38-39H,12-14H2,1H3,(H,36,40). The van der Waals surface area contributed by atoms with Gasteiger partial charge in [0.25, 0.3) is 11.5 Å². The number of aliphatic hydroxyl groups is 2. The molecule has 0 saturated heterocycles. The van der Waals surface area contributed by atoms with Crippen molar-refractivity contribution in [3.05, 3.63) is 99.1 Å². The van der Waals surface area contributed by atoms with Crippen molar-refractivity contribution < 1.29 is 41.4 Å². The molecule has 0 aliphatic rings. The fourth-order valence-corrected chi connectivity index (χ4v) is 4.35. The molecule has 4 aromatic rings. The lowest BCUT2D eigenvalue weighted by Gasteiger charge is -2.21. The number of fused-ring (bicyclic) bond motifs is 1. The Labute approximate surface area is 228 Å². The first-order chi connectivity index (χ1) is 19.2. The van der Waals surface area contributed by atoms with Gasteiger partial charge in [-0.05, 0) is 42.3 Å². The quantitative estimate of drug-likeness (QED) is 0.276. The normalized spacial score (nSPS) is 12.9. The number of hydrogen-bond donors (Lipinski definition) is 3. The summed E-state index contributed by atoms with van der Waals surface area (Å²) in [5, 5.41) is 22.1. The molecule has 1 atom stereocenters. The summed E-state index contributed by atoms with van der Waals surface area (Å²) in [4.78, 5) is 31.2. The minimum atomic E-state index is -5.08. The highest BCUT2D eigenvalue weighted by Crippen LogP contribution is 2.36. The molecule has 0 bridgehead atoms. The molecule has 0 radical (unpaired) electrons. The summed E-state index contributed by atoms with van der Waals surface area (Å²) >= 11 is 0. The Kier molecular flexibility index (Phi) is 8.22. The SMILES string of the molecule is Cc1ccc(-c2c(C(=O)NCc3cc(C(F)(F)F)cc(C(F)(F)F)c3)n(CC(O)CO)c(=O)c3ncccc23)cc1. The van der Waals surface area contributed by atoms with Gasteiger partial charge in [0.2, 0.25) is 0 Å². The number of rotatable bonds is 7. The van der Waals surface area contributed by atoms with Gasteiger partial charge in [-0.2, -0.15) is 26.3 Å². The number of alkyl halides is 6. The second kappa shape index (κ2) is 11.3. The van der Waals surface area contributed by atoms with Gasteiger partial charge in [0.15, 0.2) is 0 Å². The van der Waals surface area contributed by atoms with Crippen LogP contribution >= 0.6 is 0 Å². The molecule has 1 amide bonds. The Morgan fingerprint density at radius 2 is 1.61 bits per heavy atom. The molecule has 0 saturated carbocycles. The third kappa shape index (κ3) is 6.41. The maximum absolute atomic E-state index is 13.6. The van der Waals surface area contributed by atoms with Crippen molar-refractivity contribution in [1.29, 1.82) is 0 Å². The second-order valence-corrected chi connectivity index (χ2v) is 9.34. The molecule has 4 rings (SSSR count). The molecule has 1 unspecified atom stereocenters. The van der Waals surface area contributed by atoms with Crippen molar-refractivity contribution in [2.24, 2.45) is 0 Å². The van der Waals surface area contributed by atoms with E-state index in [-0.39, 0.29) is 28.2 Å². The number of halogens is 6. The van der Waals surface area contributed by atoms with Crippen LogP contribution in [0.25, 0.3) is 22.0 Å². The van der Waals surface area contributed by atoms with Gasteiger partial charge < -0.3 is 15.5 Å². The van der Waals surface area contributed by atoms with Gasteiger partial charge in [0.05, 0.1) is 30.4 Å². The van der Waals surface area contributed by atoms with E-state index in [4.69, 9.17) is 0 Å². The molecular formula is C28H23F6N3O4. The van der Waals surface area contributed by atoms with Crippen LogP contribution in [0.1, 0.15) is 32.7 Å². The summed E-state index contributed by atoms with van der Waals surface area (Å²) < 4.78 is 80.8. The number of aromatic nitrogens is 2. The third-order valence-corrected chi connectivity index (χ3v) is 6.29. The molecular weight excluding hydrogens is 556 g/mol. The molecule has 2 aromatic carbocycles. The van der Waals surface area contributed by atoms with Crippen LogP contribution in [0.5, 0.6) is 0 Å². The molecule has 3 N–H and O–H groups in total. The average Bonchev–Trinajstić information content (AvgIpc) is 2.92. The summed E-state index contributed by atoms with van der Waals surface area (Å²) in [5.74, 6) is -1.01. The van der Waals surface area contributed by atoms with E-state index in [0.29, 0.717) is 17.7 Å². The van der Waals surface area contributed by atoms with E-state index in [1.807, 2.05) is 6.92 Å². The topological polar surface area (TPSA) is 104 Å². The van der Waals surface area contributed by atoms with Crippen molar-refractivity contribution in [3.8, 4) is 11.1 Å². The van der Waals surface area contributed by atoms with E-state index >= 15 is 0 Å². The van der Waals surface area contributed by atoms with Gasteiger partial charge in [0, 0.05) is 23.7 Å². The number of carbonyl (C=O) groups is 1. The van der Waals surface area contributed by atoms with E-state index in [0.717, 1.165) is 10.1 Å². The summed E-state index contributed by atoms with van der Waals surface area (Å²) in [6.45, 7) is -0.246. The lowest BCUT2D eigenvalue weighted by atomic mass is 9.97. The smallest absolute Gasteiger partial charge is 0.394 e. The summed E-state index contributed by atoms with van der Waals surface area (Å²) in [6, 6.07) is 10.8. The van der Waals surface area contributed by atoms with Crippen LogP contribution in [-0.2, 0) is 25.4 Å². The highest BCUT2D eigenvalue weighted by Gasteiger charge is 2.37. The second-order valence-electron chi connectivity index (χ2n) is 9.34. The molecule has 216 valence electrons. The number of carbonyl (C=O) groups excluding carboxylic acids is 1. The molecule has 2 heterocycles. The summed E-state index contributed by atoms with van der Waals surface area (Å²) in [5.41, 5.74) is -3.24. The molecule has 0 aliphatic carbocycles. The van der Waals surface area contributed by atoms with Gasteiger partial charge in [-0.3, -0.25) is 19.1 Å². The number of aliphatic hydroxyl groups excluding tert-OH is 2. The average molecular weight is 579 g/mol. The number of nitrogens with zero attached hydrogens (tertiary/aromatic N) is 2. The van der Waals surface area contributed by atoms with Gasteiger partial charge in [0.1, 0.15) is 11.2 Å². The number of aryl methyl sites for hydroxylation is 1. The van der Waals surface area contributed by atoms with Crippen LogP contribution < -0.4 is 10.9 Å². The Balaban J connectivity index is 1.88. The molecule has 0 spiro atoms. The van der Waals surface area contributed by atoms with Crippen LogP contribution in [0.2, 0.25) is 0 Å². The van der Waals surface area contributed by atoms with E-state index in [2.05, 4.69) is 10.3 Å². The van der Waals surface area contributed by atoms with Crippen LogP contribution in [-0.4, -0.2) is 38.4 Å². The Bertz CT molecular complexity index is 1610. The summed E-state index contributed by atoms with van der Waals surface area (Å²) in [7, 11) is 0. The number of nitrogens with one attached hydrogen (secondary N) is 1. The van der Waals surface area contributed by atoms with Crippen LogP contribution in [0, 0.1) is 6.92 Å². The lowest BCUT2D eigenvalue weighted by Crippen LogP contribution is -2.37. The first kappa shape index (κ1) is 29.7. The summed E-state index contributed by atoms with van der Waals surface area (Å²) in [6.07, 6.45) is -10.3. The molecule has 41 heavy (non-hydrogen) atoms. The first-order valence-corrected chi connectivity index (χ1v) is 12.1. The first-order valence-electron chi connectivity index (χ1n) is 12.1. The Hall–Kier alpha value is -4.23. The van der Waals surface area contributed by atoms with E-state index < -0.39 is 66.3 Å². The minimum Gasteiger partial charge on any atom is -0.394 e. The fraction of sp³-hybridized carbons (Fsp3) is 0.250. The predicted molar refractivity (Wildman–Crippen MR) is 137 cm³/mol. The van der Waals surface area contributed by atoms with Gasteiger partial charge in [-0.25, -0.2) is 0 Å². The number of pyridine rings is 2. The predicted octanol–water partition coefficient (Wildman–Crippen LogP) is 4.69. The zero-order valence-electron chi connectivity index (χ0n) is 21.3.